The highest BCUT2D eigenvalue weighted by Crippen LogP contribution is 2.23. The fraction of sp³-hybridized carbons (Fsp3) is 0.194. The Hall–Kier alpha value is -4.02. The Labute approximate surface area is 203 Å². The van der Waals surface area contributed by atoms with Gasteiger partial charge in [0, 0.05) is 10.9 Å². The second-order valence-electron chi connectivity index (χ2n) is 8.58. The topological polar surface area (TPSA) is 23.8 Å². The SMILES string of the molecule is CCCCc1ccc(CCc2ccc3c(F)c(C#Cc4cc(F)c(C#N)c(F)c4)ccc3c2)cc1. The largest absolute Gasteiger partial charge is 0.205 e. The van der Waals surface area contributed by atoms with E-state index in [2.05, 4.69) is 43.0 Å². The summed E-state index contributed by atoms with van der Waals surface area (Å²) in [6.07, 6.45) is 5.26. The first-order valence-corrected chi connectivity index (χ1v) is 11.7. The van der Waals surface area contributed by atoms with Gasteiger partial charge < -0.3 is 0 Å². The number of rotatable bonds is 6. The molecule has 0 aliphatic rings. The number of nitrogens with zero attached hydrogens (tertiary/aromatic N) is 1. The Morgan fingerprint density at radius 2 is 1.34 bits per heavy atom. The summed E-state index contributed by atoms with van der Waals surface area (Å²) in [6, 6.07) is 21.2. The van der Waals surface area contributed by atoms with Crippen LogP contribution < -0.4 is 0 Å². The molecule has 0 aliphatic heterocycles. The van der Waals surface area contributed by atoms with Crippen LogP contribution in [0.15, 0.2) is 66.7 Å². The molecule has 4 aromatic carbocycles. The first-order chi connectivity index (χ1) is 17.0. The lowest BCUT2D eigenvalue weighted by molar-refractivity contribution is 0.576. The lowest BCUT2D eigenvalue weighted by Gasteiger charge is -2.07. The molecule has 0 unspecified atom stereocenters. The molecule has 0 bridgehead atoms. The van der Waals surface area contributed by atoms with Gasteiger partial charge in [-0.05, 0) is 66.0 Å². The van der Waals surface area contributed by atoms with E-state index in [0.29, 0.717) is 5.39 Å². The van der Waals surface area contributed by atoms with Crippen LogP contribution in [0.3, 0.4) is 0 Å². The van der Waals surface area contributed by atoms with Crippen LogP contribution in [0.1, 0.15) is 53.1 Å². The van der Waals surface area contributed by atoms with Gasteiger partial charge in [-0.25, -0.2) is 13.2 Å². The molecule has 0 aliphatic carbocycles. The monoisotopic (exact) mass is 467 g/mol. The molecule has 1 nitrogen and oxygen atoms in total. The number of fused-ring (bicyclic) bond motifs is 1. The van der Waals surface area contributed by atoms with E-state index in [4.69, 9.17) is 5.26 Å². The highest BCUT2D eigenvalue weighted by atomic mass is 19.1. The molecule has 0 radical (unpaired) electrons. The van der Waals surface area contributed by atoms with Gasteiger partial charge in [0.25, 0.3) is 0 Å². The molecular weight excluding hydrogens is 443 g/mol. The molecule has 4 rings (SSSR count). The second-order valence-corrected chi connectivity index (χ2v) is 8.58. The summed E-state index contributed by atoms with van der Waals surface area (Å²) < 4.78 is 42.6. The Bertz CT molecular complexity index is 1440. The number of hydrogen-bond donors (Lipinski definition) is 0. The van der Waals surface area contributed by atoms with E-state index in [1.165, 1.54) is 30.0 Å². The number of unbranched alkanes of at least 4 members (excludes halogenated alkanes) is 1. The predicted octanol–water partition coefficient (Wildman–Crippen LogP) is 7.66. The summed E-state index contributed by atoms with van der Waals surface area (Å²) in [7, 11) is 0. The van der Waals surface area contributed by atoms with Gasteiger partial charge in [0.1, 0.15) is 29.1 Å². The van der Waals surface area contributed by atoms with Gasteiger partial charge in [0.15, 0.2) is 0 Å². The molecule has 4 aromatic rings. The standard InChI is InChI=1S/C31H24F3N/c1-2-3-4-21-5-7-22(8-6-21)9-10-23-12-16-27-26(17-23)15-14-25(31(27)34)13-11-24-18-29(32)28(20-35)30(33)19-24/h5-8,12,14-19H,2-4,9-10H2,1H3. The molecule has 0 N–H and O–H groups in total. The van der Waals surface area contributed by atoms with E-state index in [9.17, 15) is 8.78 Å². The van der Waals surface area contributed by atoms with Crippen molar-refractivity contribution >= 4 is 10.8 Å². The van der Waals surface area contributed by atoms with Gasteiger partial charge in [0.2, 0.25) is 0 Å². The number of halogens is 3. The van der Waals surface area contributed by atoms with Crippen molar-refractivity contribution in [1.82, 2.24) is 0 Å². The summed E-state index contributed by atoms with van der Waals surface area (Å²) in [4.78, 5) is 0. The first-order valence-electron chi connectivity index (χ1n) is 11.7. The van der Waals surface area contributed by atoms with E-state index in [1.807, 2.05) is 12.1 Å². The lowest BCUT2D eigenvalue weighted by Crippen LogP contribution is -1.94. The van der Waals surface area contributed by atoms with Crippen LogP contribution in [0.4, 0.5) is 13.2 Å². The highest BCUT2D eigenvalue weighted by molar-refractivity contribution is 5.85. The minimum absolute atomic E-state index is 0.0345. The van der Waals surface area contributed by atoms with Crippen LogP contribution in [-0.4, -0.2) is 0 Å². The summed E-state index contributed by atoms with van der Waals surface area (Å²) in [6.45, 7) is 2.19. The maximum absolute atomic E-state index is 15.1. The third-order valence-corrected chi connectivity index (χ3v) is 6.06. The van der Waals surface area contributed by atoms with Gasteiger partial charge >= 0.3 is 0 Å². The molecule has 174 valence electrons. The van der Waals surface area contributed by atoms with Crippen molar-refractivity contribution in [2.45, 2.75) is 39.0 Å². The smallest absolute Gasteiger partial charge is 0.146 e. The van der Waals surface area contributed by atoms with Crippen molar-refractivity contribution in [3.05, 3.63) is 118 Å². The lowest BCUT2D eigenvalue weighted by atomic mass is 9.98. The maximum atomic E-state index is 15.1. The number of hydrogen-bond acceptors (Lipinski definition) is 1. The molecule has 0 aromatic heterocycles. The third kappa shape index (κ3) is 5.73. The van der Waals surface area contributed by atoms with E-state index in [0.717, 1.165) is 42.3 Å². The maximum Gasteiger partial charge on any atom is 0.146 e. The van der Waals surface area contributed by atoms with Crippen molar-refractivity contribution in [3.63, 3.8) is 0 Å². The summed E-state index contributed by atoms with van der Waals surface area (Å²) >= 11 is 0. The number of nitriles is 1. The Balaban J connectivity index is 1.49. The number of aryl methyl sites for hydroxylation is 3. The van der Waals surface area contributed by atoms with Crippen LogP contribution in [0.25, 0.3) is 10.8 Å². The normalized spacial score (nSPS) is 10.6. The fourth-order valence-electron chi connectivity index (χ4n) is 4.03. The van der Waals surface area contributed by atoms with Crippen molar-refractivity contribution < 1.29 is 13.2 Å². The predicted molar refractivity (Wildman–Crippen MR) is 133 cm³/mol. The zero-order chi connectivity index (χ0) is 24.8. The van der Waals surface area contributed by atoms with Gasteiger partial charge in [0.05, 0.1) is 5.56 Å². The molecule has 4 heteroatoms. The molecule has 0 saturated carbocycles. The molecule has 0 saturated heterocycles. The van der Waals surface area contributed by atoms with E-state index in [1.54, 1.807) is 18.2 Å². The van der Waals surface area contributed by atoms with Crippen LogP contribution in [0.5, 0.6) is 0 Å². The average molecular weight is 468 g/mol. The summed E-state index contributed by atoms with van der Waals surface area (Å²) in [5, 5.41) is 9.98. The Morgan fingerprint density at radius 1 is 0.714 bits per heavy atom. The second kappa shape index (κ2) is 10.9. The minimum atomic E-state index is -0.990. The molecule has 0 atom stereocenters. The van der Waals surface area contributed by atoms with Crippen LogP contribution in [0.2, 0.25) is 0 Å². The van der Waals surface area contributed by atoms with Crippen LogP contribution in [-0.2, 0) is 19.3 Å². The van der Waals surface area contributed by atoms with E-state index < -0.39 is 23.0 Å². The quantitative estimate of drug-likeness (QED) is 0.267. The van der Waals surface area contributed by atoms with Crippen molar-refractivity contribution in [3.8, 4) is 17.9 Å². The van der Waals surface area contributed by atoms with Crippen molar-refractivity contribution in [1.29, 1.82) is 5.26 Å². The first kappa shape index (κ1) is 24.1. The van der Waals surface area contributed by atoms with Gasteiger partial charge in [-0.1, -0.05) is 73.7 Å². The van der Waals surface area contributed by atoms with Crippen LogP contribution in [0, 0.1) is 40.6 Å². The summed E-state index contributed by atoms with van der Waals surface area (Å²) in [5.74, 6) is 2.78. The molecule has 0 amide bonds. The van der Waals surface area contributed by atoms with Gasteiger partial charge in [-0.2, -0.15) is 5.26 Å². The fourth-order valence-corrected chi connectivity index (χ4v) is 4.03. The number of benzene rings is 4. The van der Waals surface area contributed by atoms with E-state index >= 15 is 4.39 Å². The van der Waals surface area contributed by atoms with Crippen LogP contribution >= 0.6 is 0 Å². The zero-order valence-corrected chi connectivity index (χ0v) is 19.5. The molecule has 35 heavy (non-hydrogen) atoms. The van der Waals surface area contributed by atoms with Gasteiger partial charge in [-0.15, -0.1) is 0 Å². The molecular formula is C31H24F3N. The Kier molecular flexibility index (Phi) is 7.54. The molecule has 0 fully saturated rings. The third-order valence-electron chi connectivity index (χ3n) is 6.06. The molecule has 0 heterocycles. The summed E-state index contributed by atoms with van der Waals surface area (Å²) in [5.41, 5.74) is 3.27. The van der Waals surface area contributed by atoms with Crippen molar-refractivity contribution in [2.75, 3.05) is 0 Å². The minimum Gasteiger partial charge on any atom is -0.205 e. The van der Waals surface area contributed by atoms with Gasteiger partial charge in [-0.3, -0.25) is 0 Å². The van der Waals surface area contributed by atoms with E-state index in [-0.39, 0.29) is 11.1 Å². The zero-order valence-electron chi connectivity index (χ0n) is 19.5. The Morgan fingerprint density at radius 3 is 2.00 bits per heavy atom. The van der Waals surface area contributed by atoms with Crippen molar-refractivity contribution in [2.24, 2.45) is 0 Å². The highest BCUT2D eigenvalue weighted by Gasteiger charge is 2.10. The average Bonchev–Trinajstić information content (AvgIpc) is 2.86. The molecule has 0 spiro atoms.